The van der Waals surface area contributed by atoms with Crippen molar-refractivity contribution in [2.24, 2.45) is 11.1 Å². The number of hydrogen-bond acceptors (Lipinski definition) is 6. The van der Waals surface area contributed by atoms with E-state index in [2.05, 4.69) is 5.32 Å². The van der Waals surface area contributed by atoms with E-state index in [0.717, 1.165) is 41.1 Å². The maximum atomic E-state index is 15.1. The van der Waals surface area contributed by atoms with Crippen LogP contribution in [0.2, 0.25) is 0 Å². The molecule has 4 amide bonds. The van der Waals surface area contributed by atoms with Gasteiger partial charge < -0.3 is 20.5 Å². The summed E-state index contributed by atoms with van der Waals surface area (Å²) < 4.78 is 31.5. The molecule has 0 saturated carbocycles. The largest absolute Gasteiger partial charge is 0.353 e. The smallest absolute Gasteiger partial charge is 0.253 e. The topological polar surface area (TPSA) is 118 Å². The highest BCUT2D eigenvalue weighted by Crippen LogP contribution is 2.41. The van der Waals surface area contributed by atoms with Gasteiger partial charge in [0.2, 0.25) is 11.8 Å². The summed E-state index contributed by atoms with van der Waals surface area (Å²) in [6.45, 7) is 9.47. The number of aromatic nitrogens is 1. The minimum Gasteiger partial charge on any atom is -0.353 e. The van der Waals surface area contributed by atoms with Crippen molar-refractivity contribution in [3.05, 3.63) is 95.8 Å². The Kier molecular flexibility index (Phi) is 14.2. The van der Waals surface area contributed by atoms with Crippen LogP contribution in [-0.4, -0.2) is 75.2 Å². The highest BCUT2D eigenvalue weighted by Gasteiger charge is 2.37. The van der Waals surface area contributed by atoms with Gasteiger partial charge in [-0.05, 0) is 54.6 Å². The first-order valence-corrected chi connectivity index (χ1v) is 18.5. The van der Waals surface area contributed by atoms with Crippen LogP contribution in [0.4, 0.5) is 8.78 Å². The molecule has 2 heterocycles. The number of imide groups is 1. The van der Waals surface area contributed by atoms with Crippen molar-refractivity contribution < 1.29 is 28.0 Å². The second kappa shape index (κ2) is 18.3. The number of nitrogens with two attached hydrogens (primary N) is 1. The number of rotatable bonds is 18. The molecule has 3 aromatic rings. The molecule has 0 saturated heterocycles. The normalized spacial score (nSPS) is 14.2. The number of halogens is 2. The molecule has 274 valence electrons. The van der Waals surface area contributed by atoms with Crippen LogP contribution in [0.1, 0.15) is 70.7 Å². The molecular formula is C39H49F2N5O4S. The van der Waals surface area contributed by atoms with Crippen LogP contribution in [0.5, 0.6) is 0 Å². The quantitative estimate of drug-likeness (QED) is 0.154. The molecule has 1 aliphatic rings. The number of carbonyl (C=O) groups is 4. The van der Waals surface area contributed by atoms with Crippen LogP contribution in [-0.2, 0) is 25.7 Å². The summed E-state index contributed by atoms with van der Waals surface area (Å²) in [4.78, 5) is 54.4. The van der Waals surface area contributed by atoms with Crippen LogP contribution in [0.25, 0.3) is 11.1 Å². The lowest BCUT2D eigenvalue weighted by Gasteiger charge is -2.41. The summed E-state index contributed by atoms with van der Waals surface area (Å²) in [5, 5.41) is 2.32. The van der Waals surface area contributed by atoms with E-state index >= 15 is 4.39 Å². The molecule has 3 N–H and O–H groups in total. The Morgan fingerprint density at radius 3 is 2.35 bits per heavy atom. The van der Waals surface area contributed by atoms with Gasteiger partial charge in [-0.2, -0.15) is 0 Å². The molecule has 2 atom stereocenters. The molecule has 4 rings (SSSR count). The fourth-order valence-corrected chi connectivity index (χ4v) is 7.34. The van der Waals surface area contributed by atoms with Crippen molar-refractivity contribution >= 4 is 35.4 Å². The van der Waals surface area contributed by atoms with E-state index in [9.17, 15) is 23.6 Å². The first kappa shape index (κ1) is 39.5. The van der Waals surface area contributed by atoms with Crippen molar-refractivity contribution in [2.75, 3.05) is 31.9 Å². The van der Waals surface area contributed by atoms with Crippen LogP contribution in [0.3, 0.4) is 0 Å². The van der Waals surface area contributed by atoms with Crippen LogP contribution < -0.4 is 11.1 Å². The molecule has 51 heavy (non-hydrogen) atoms. The molecule has 1 aliphatic heterocycles. The lowest BCUT2D eigenvalue weighted by molar-refractivity contribution is -0.137. The van der Waals surface area contributed by atoms with Gasteiger partial charge >= 0.3 is 0 Å². The molecule has 12 heteroatoms. The number of carbonyl (C=O) groups excluding carboxylic acids is 4. The second-order valence-corrected chi connectivity index (χ2v) is 15.0. The number of amides is 4. The van der Waals surface area contributed by atoms with Gasteiger partial charge in [-0.1, -0.05) is 70.9 Å². The Bertz CT molecular complexity index is 1690. The van der Waals surface area contributed by atoms with Crippen LogP contribution in [0, 0.1) is 17.0 Å². The average molecular weight is 722 g/mol. The third-order valence-corrected chi connectivity index (χ3v) is 10.0. The van der Waals surface area contributed by atoms with Gasteiger partial charge in [0.25, 0.3) is 11.8 Å². The number of benzene rings is 2. The number of thioether (sulfide) groups is 1. The summed E-state index contributed by atoms with van der Waals surface area (Å²) in [5.74, 6) is -2.33. The van der Waals surface area contributed by atoms with Crippen molar-refractivity contribution in [3.63, 3.8) is 0 Å². The molecule has 0 fully saturated rings. The zero-order valence-corrected chi connectivity index (χ0v) is 30.7. The van der Waals surface area contributed by atoms with E-state index in [0.29, 0.717) is 38.0 Å². The third-order valence-electron chi connectivity index (χ3n) is 8.76. The van der Waals surface area contributed by atoms with Crippen LogP contribution in [0.15, 0.2) is 72.9 Å². The predicted molar refractivity (Wildman–Crippen MR) is 198 cm³/mol. The van der Waals surface area contributed by atoms with Crippen molar-refractivity contribution in [1.29, 1.82) is 0 Å². The number of nitrogens with zero attached hydrogens (tertiary/aromatic N) is 3. The number of hydrogen-bond donors (Lipinski definition) is 2. The highest BCUT2D eigenvalue weighted by molar-refractivity contribution is 8.01. The molecule has 0 aliphatic carbocycles. The molecule has 1 unspecified atom stereocenters. The monoisotopic (exact) mass is 721 g/mol. The second-order valence-electron chi connectivity index (χ2n) is 13.8. The van der Waals surface area contributed by atoms with E-state index in [-0.39, 0.29) is 36.2 Å². The summed E-state index contributed by atoms with van der Waals surface area (Å²) in [6, 6.07) is 14.5. The molecule has 0 radical (unpaired) electrons. The maximum Gasteiger partial charge on any atom is 0.253 e. The van der Waals surface area contributed by atoms with Gasteiger partial charge in [0.05, 0.1) is 17.0 Å². The van der Waals surface area contributed by atoms with E-state index in [1.807, 2.05) is 79.8 Å². The van der Waals surface area contributed by atoms with Gasteiger partial charge in [0.1, 0.15) is 11.6 Å². The lowest BCUT2D eigenvalue weighted by Crippen LogP contribution is -2.44. The zero-order valence-electron chi connectivity index (χ0n) is 29.9. The zero-order chi connectivity index (χ0) is 37.1. The standard InChI is InChI=1S/C39H49F2N5O4S/c1-5-6-13-33(38(50)43-19-21-45-34(47)16-17-35(45)48)51-26-36(49)46(20-10-18-42)37(39(2,3)4)32-22-28(30-23-29(40)14-15-31(30)41)25-44(32)24-27-11-8-7-9-12-27/h7-9,11-12,14-17,22-23,25,33,37H,5-6,10,13,18-21,24,26,42H2,1-4H3,(H,43,50)/t33?,37-/m0/s1. The Morgan fingerprint density at radius 1 is 1.00 bits per heavy atom. The molecule has 2 aromatic carbocycles. The molecule has 9 nitrogen and oxygen atoms in total. The summed E-state index contributed by atoms with van der Waals surface area (Å²) in [6.07, 6.45) is 6.95. The number of nitrogens with one attached hydrogen (secondary N) is 1. The van der Waals surface area contributed by atoms with Gasteiger partial charge in [0.15, 0.2) is 0 Å². The van der Waals surface area contributed by atoms with E-state index in [1.165, 1.54) is 30.0 Å². The Labute approximate surface area is 303 Å². The lowest BCUT2D eigenvalue weighted by atomic mass is 9.83. The Morgan fingerprint density at radius 2 is 1.71 bits per heavy atom. The number of unbranched alkanes of at least 4 members (excludes halogenated alkanes) is 1. The fourth-order valence-electron chi connectivity index (χ4n) is 6.26. The van der Waals surface area contributed by atoms with Crippen LogP contribution >= 0.6 is 11.8 Å². The Balaban J connectivity index is 1.63. The maximum absolute atomic E-state index is 15.1. The first-order chi connectivity index (χ1) is 24.3. The SMILES string of the molecule is CCCCC(SCC(=O)N(CCCN)[C@@H](c1cc(-c2cc(F)ccc2F)cn1Cc1ccccc1)C(C)(C)C)C(=O)NCCN1C(=O)C=CC1=O. The molecule has 0 bridgehead atoms. The average Bonchev–Trinajstić information content (AvgIpc) is 3.64. The van der Waals surface area contributed by atoms with E-state index < -0.39 is 40.2 Å². The van der Waals surface area contributed by atoms with Crippen molar-refractivity contribution in [3.8, 4) is 11.1 Å². The van der Waals surface area contributed by atoms with E-state index in [1.54, 1.807) is 0 Å². The van der Waals surface area contributed by atoms with E-state index in [4.69, 9.17) is 5.73 Å². The summed E-state index contributed by atoms with van der Waals surface area (Å²) >= 11 is 1.27. The third kappa shape index (κ3) is 10.6. The minimum absolute atomic E-state index is 0.0245. The fraction of sp³-hybridized carbons (Fsp3) is 0.436. The summed E-state index contributed by atoms with van der Waals surface area (Å²) in [5.41, 5.74) is 7.86. The first-order valence-electron chi connectivity index (χ1n) is 17.5. The molecular weight excluding hydrogens is 673 g/mol. The van der Waals surface area contributed by atoms with Gasteiger partial charge in [-0.25, -0.2) is 8.78 Å². The highest BCUT2D eigenvalue weighted by atomic mass is 32.2. The van der Waals surface area contributed by atoms with Gasteiger partial charge in [-0.15, -0.1) is 11.8 Å². The minimum atomic E-state index is -0.551. The van der Waals surface area contributed by atoms with Crippen molar-refractivity contribution in [2.45, 2.75) is 71.2 Å². The summed E-state index contributed by atoms with van der Waals surface area (Å²) in [7, 11) is 0. The predicted octanol–water partition coefficient (Wildman–Crippen LogP) is 6.08. The van der Waals surface area contributed by atoms with Crippen molar-refractivity contribution in [1.82, 2.24) is 19.7 Å². The Hall–Kier alpha value is -4.29. The van der Waals surface area contributed by atoms with Gasteiger partial charge in [0, 0.05) is 61.3 Å². The molecule has 1 aromatic heterocycles. The molecule has 0 spiro atoms. The van der Waals surface area contributed by atoms with Gasteiger partial charge in [-0.3, -0.25) is 24.1 Å².